The van der Waals surface area contributed by atoms with E-state index in [4.69, 9.17) is 9.47 Å². The second-order valence-corrected chi connectivity index (χ2v) is 9.67. The Balaban J connectivity index is 1.32. The molecule has 2 heterocycles. The number of carbonyl (C=O) groups excluding carboxylic acids is 3. The van der Waals surface area contributed by atoms with Crippen molar-refractivity contribution >= 4 is 52.3 Å². The first-order valence-corrected chi connectivity index (χ1v) is 12.5. The van der Waals surface area contributed by atoms with Crippen LogP contribution in [-0.2, 0) is 9.59 Å². The van der Waals surface area contributed by atoms with Gasteiger partial charge in [0.25, 0.3) is 11.1 Å². The van der Waals surface area contributed by atoms with Crippen LogP contribution in [0.15, 0.2) is 52.3 Å². The van der Waals surface area contributed by atoms with Crippen molar-refractivity contribution in [3.8, 4) is 11.5 Å². The van der Waals surface area contributed by atoms with Gasteiger partial charge in [0.1, 0.15) is 0 Å². The van der Waals surface area contributed by atoms with E-state index in [0.717, 1.165) is 40.2 Å². The maximum atomic E-state index is 12.8. The number of thioether (sulfide) groups is 2. The minimum absolute atomic E-state index is 0.117. The molecule has 0 spiro atoms. The summed E-state index contributed by atoms with van der Waals surface area (Å²) in [5.74, 6) is 1.52. The number of fused-ring (bicyclic) bond motifs is 1. The molecule has 2 aliphatic rings. The number of imide groups is 1. The van der Waals surface area contributed by atoms with Crippen LogP contribution in [0.4, 0.5) is 10.5 Å². The smallest absolute Gasteiger partial charge is 0.293 e. The van der Waals surface area contributed by atoms with Gasteiger partial charge in [-0.1, -0.05) is 18.2 Å². The normalized spacial score (nSPS) is 16.6. The van der Waals surface area contributed by atoms with Crippen molar-refractivity contribution in [3.63, 3.8) is 0 Å². The zero-order valence-electron chi connectivity index (χ0n) is 18.9. The van der Waals surface area contributed by atoms with Gasteiger partial charge >= 0.3 is 0 Å². The molecular weight excluding hydrogens is 474 g/mol. The number of rotatable bonds is 8. The molecule has 0 saturated carbocycles. The standard InChI is InChI=1S/C24H25N3O5S2/c1-31-18-8-7-16(13-19(18)32-2)14-21-23(29)27(24(30)34-21)10-9-25-22(28)15-26-11-12-33-20-6-4-3-5-17(20)26/h3-8,13-14H,9-12,15H2,1-2H3,(H,25,28). The third-order valence-electron chi connectivity index (χ3n) is 5.40. The Morgan fingerprint density at radius 3 is 2.71 bits per heavy atom. The predicted molar refractivity (Wildman–Crippen MR) is 135 cm³/mol. The van der Waals surface area contributed by atoms with Crippen LogP contribution >= 0.6 is 23.5 Å². The van der Waals surface area contributed by atoms with Gasteiger partial charge in [-0.15, -0.1) is 11.8 Å². The van der Waals surface area contributed by atoms with Gasteiger partial charge in [-0.2, -0.15) is 0 Å². The van der Waals surface area contributed by atoms with Gasteiger partial charge in [0, 0.05) is 30.3 Å². The van der Waals surface area contributed by atoms with Crippen LogP contribution in [0.5, 0.6) is 11.5 Å². The summed E-state index contributed by atoms with van der Waals surface area (Å²) in [4.78, 5) is 42.4. The molecule has 1 N–H and O–H groups in total. The highest BCUT2D eigenvalue weighted by atomic mass is 32.2. The Morgan fingerprint density at radius 2 is 1.91 bits per heavy atom. The lowest BCUT2D eigenvalue weighted by molar-refractivity contribution is -0.124. The highest BCUT2D eigenvalue weighted by molar-refractivity contribution is 8.18. The molecule has 0 aromatic heterocycles. The molecule has 2 aromatic rings. The number of carbonyl (C=O) groups is 3. The third kappa shape index (κ3) is 5.34. The minimum Gasteiger partial charge on any atom is -0.493 e. The van der Waals surface area contributed by atoms with Gasteiger partial charge in [0.15, 0.2) is 11.5 Å². The molecule has 0 aliphatic carbocycles. The molecule has 178 valence electrons. The van der Waals surface area contributed by atoms with E-state index < -0.39 is 0 Å². The largest absolute Gasteiger partial charge is 0.493 e. The summed E-state index contributed by atoms with van der Waals surface area (Å²) >= 11 is 2.67. The van der Waals surface area contributed by atoms with Crippen molar-refractivity contribution < 1.29 is 23.9 Å². The van der Waals surface area contributed by atoms with E-state index in [0.29, 0.717) is 16.4 Å². The van der Waals surface area contributed by atoms with Crippen molar-refractivity contribution in [2.45, 2.75) is 4.90 Å². The van der Waals surface area contributed by atoms with E-state index in [1.54, 1.807) is 43.1 Å². The van der Waals surface area contributed by atoms with Crippen molar-refractivity contribution in [3.05, 3.63) is 52.9 Å². The summed E-state index contributed by atoms with van der Waals surface area (Å²) < 4.78 is 10.5. The van der Waals surface area contributed by atoms with Gasteiger partial charge in [-0.25, -0.2) is 0 Å². The lowest BCUT2D eigenvalue weighted by Gasteiger charge is -2.30. The molecule has 8 nitrogen and oxygen atoms in total. The third-order valence-corrected chi connectivity index (χ3v) is 7.35. The maximum absolute atomic E-state index is 12.8. The van der Waals surface area contributed by atoms with Crippen LogP contribution in [0.25, 0.3) is 6.08 Å². The number of anilines is 1. The molecule has 0 bridgehead atoms. The van der Waals surface area contributed by atoms with Gasteiger partial charge in [0.2, 0.25) is 5.91 Å². The van der Waals surface area contributed by atoms with E-state index in [1.807, 2.05) is 23.1 Å². The maximum Gasteiger partial charge on any atom is 0.293 e. The summed E-state index contributed by atoms with van der Waals surface area (Å²) in [6, 6.07) is 13.3. The Labute approximate surface area is 206 Å². The van der Waals surface area contributed by atoms with Crippen molar-refractivity contribution in [1.82, 2.24) is 10.2 Å². The number of benzene rings is 2. The molecule has 10 heteroatoms. The number of hydrogen-bond donors (Lipinski definition) is 1. The second kappa shape index (κ2) is 10.9. The summed E-state index contributed by atoms with van der Waals surface area (Å²) in [6.45, 7) is 1.34. The number of nitrogens with one attached hydrogen (secondary N) is 1. The summed E-state index contributed by atoms with van der Waals surface area (Å²) in [7, 11) is 3.08. The quantitative estimate of drug-likeness (QED) is 0.553. The predicted octanol–water partition coefficient (Wildman–Crippen LogP) is 3.47. The molecule has 2 aliphatic heterocycles. The first-order valence-electron chi connectivity index (χ1n) is 10.7. The fourth-order valence-electron chi connectivity index (χ4n) is 3.71. The molecule has 3 amide bonds. The van der Waals surface area contributed by atoms with E-state index in [9.17, 15) is 14.4 Å². The van der Waals surface area contributed by atoms with Crippen LogP contribution in [-0.4, -0.2) is 68.1 Å². The average molecular weight is 500 g/mol. The fraction of sp³-hybridized carbons (Fsp3) is 0.292. The highest BCUT2D eigenvalue weighted by Gasteiger charge is 2.34. The Hall–Kier alpha value is -3.11. The molecular formula is C24H25N3O5S2. The van der Waals surface area contributed by atoms with Crippen LogP contribution in [0.1, 0.15) is 5.56 Å². The Morgan fingerprint density at radius 1 is 1.12 bits per heavy atom. The molecule has 34 heavy (non-hydrogen) atoms. The molecule has 4 rings (SSSR count). The van der Waals surface area contributed by atoms with Crippen LogP contribution in [0.2, 0.25) is 0 Å². The van der Waals surface area contributed by atoms with E-state index in [-0.39, 0.29) is 36.7 Å². The second-order valence-electron chi connectivity index (χ2n) is 7.54. The summed E-state index contributed by atoms with van der Waals surface area (Å²) in [5.41, 5.74) is 1.77. The Kier molecular flexibility index (Phi) is 7.69. The van der Waals surface area contributed by atoms with Gasteiger partial charge in [-0.3, -0.25) is 19.3 Å². The topological polar surface area (TPSA) is 88.2 Å². The van der Waals surface area contributed by atoms with Crippen molar-refractivity contribution in [2.75, 3.05) is 51.1 Å². The average Bonchev–Trinajstić information content (AvgIpc) is 3.11. The minimum atomic E-state index is -0.374. The molecule has 2 aromatic carbocycles. The van der Waals surface area contributed by atoms with Crippen LogP contribution in [0, 0.1) is 0 Å². The number of amides is 3. The zero-order valence-corrected chi connectivity index (χ0v) is 20.5. The van der Waals surface area contributed by atoms with Crippen molar-refractivity contribution in [2.24, 2.45) is 0 Å². The molecule has 0 unspecified atom stereocenters. The fourth-order valence-corrected chi connectivity index (χ4v) is 5.63. The lowest BCUT2D eigenvalue weighted by atomic mass is 10.2. The number of ether oxygens (including phenoxy) is 2. The Bertz CT molecular complexity index is 1140. The lowest BCUT2D eigenvalue weighted by Crippen LogP contribution is -2.43. The van der Waals surface area contributed by atoms with Crippen LogP contribution < -0.4 is 19.7 Å². The molecule has 1 fully saturated rings. The number of methoxy groups -OCH3 is 2. The van der Waals surface area contributed by atoms with E-state index >= 15 is 0 Å². The van der Waals surface area contributed by atoms with E-state index in [1.165, 1.54) is 12.0 Å². The summed E-state index contributed by atoms with van der Waals surface area (Å²) in [6.07, 6.45) is 1.65. The highest BCUT2D eigenvalue weighted by Crippen LogP contribution is 2.35. The molecule has 1 saturated heterocycles. The van der Waals surface area contributed by atoms with Gasteiger partial charge < -0.3 is 19.7 Å². The molecule has 0 radical (unpaired) electrons. The van der Waals surface area contributed by atoms with Crippen molar-refractivity contribution in [1.29, 1.82) is 0 Å². The number of nitrogens with zero attached hydrogens (tertiary/aromatic N) is 2. The van der Waals surface area contributed by atoms with Crippen LogP contribution in [0.3, 0.4) is 0 Å². The first-order chi connectivity index (χ1) is 16.5. The van der Waals surface area contributed by atoms with Gasteiger partial charge in [0.05, 0.1) is 31.4 Å². The first kappa shape index (κ1) is 24.0. The SMILES string of the molecule is COc1ccc(C=C2SC(=O)N(CCNC(=O)CN3CCSc4ccccc43)C2=O)cc1OC. The van der Waals surface area contributed by atoms with E-state index in [2.05, 4.69) is 11.4 Å². The zero-order chi connectivity index (χ0) is 24.1. The number of para-hydroxylation sites is 1. The van der Waals surface area contributed by atoms with Gasteiger partial charge in [-0.05, 0) is 47.7 Å². The monoisotopic (exact) mass is 499 g/mol. The number of hydrogen-bond acceptors (Lipinski definition) is 8. The molecule has 0 atom stereocenters. The summed E-state index contributed by atoms with van der Waals surface area (Å²) in [5, 5.41) is 2.47.